The predicted molar refractivity (Wildman–Crippen MR) is 25.5 cm³/mol. The molecule has 0 radical (unpaired) electrons. The van der Waals surface area contributed by atoms with Crippen LogP contribution < -0.4 is 0 Å². The molecule has 6 heavy (non-hydrogen) atoms. The van der Waals surface area contributed by atoms with Crippen LogP contribution >= 0.6 is 0 Å². The van der Waals surface area contributed by atoms with Crippen molar-refractivity contribution in [3.63, 3.8) is 0 Å². The molecule has 1 heteroatoms. The lowest BCUT2D eigenvalue weighted by atomic mass is 10.5. The Bertz CT molecular complexity index is 66.3. The highest BCUT2D eigenvalue weighted by molar-refractivity contribution is 5.95. The van der Waals surface area contributed by atoms with Crippen molar-refractivity contribution < 1.29 is 4.79 Å². The van der Waals surface area contributed by atoms with Gasteiger partial charge in [-0.1, -0.05) is 14.4 Å². The number of hydrogen-bond donors (Lipinski definition) is 0. The van der Waals surface area contributed by atoms with Crippen LogP contribution in [0.2, 0.25) is 0 Å². The minimum Gasteiger partial charge on any atom is -0.299 e. The molecule has 36 valence electrons. The maximum absolute atomic E-state index is 9.89. The summed E-state index contributed by atoms with van der Waals surface area (Å²) in [6.07, 6.45) is 0.833. The van der Waals surface area contributed by atoms with Gasteiger partial charge in [-0.2, -0.15) is 0 Å². The number of hydrogen-bond acceptors (Lipinski definition) is 1. The van der Waals surface area contributed by atoms with Crippen molar-refractivity contribution in [2.45, 2.75) is 20.8 Å². The molecule has 1 saturated carbocycles. The van der Waals surface area contributed by atoms with Crippen molar-refractivity contribution in [3.05, 3.63) is 0 Å². The molecule has 0 spiro atoms. The first-order chi connectivity index (χ1) is 2.30. The Hall–Kier alpha value is -0.330. The second kappa shape index (κ2) is 1.41. The van der Waals surface area contributed by atoms with Gasteiger partial charge in [0.15, 0.2) is 0 Å². The molecule has 0 aromatic rings. The van der Waals surface area contributed by atoms with Gasteiger partial charge in [-0.25, -0.2) is 0 Å². The van der Waals surface area contributed by atoms with E-state index in [1.807, 2.05) is 6.92 Å². The van der Waals surface area contributed by atoms with Crippen molar-refractivity contribution in [3.8, 4) is 0 Å². The number of carbonyl (C=O) groups excluding carboxylic acids is 1. The van der Waals surface area contributed by atoms with Crippen LogP contribution in [0.25, 0.3) is 0 Å². The van der Waals surface area contributed by atoms with Gasteiger partial charge in [-0.3, -0.25) is 4.79 Å². The molecule has 1 nitrogen and oxygen atoms in total. The highest BCUT2D eigenvalue weighted by Crippen LogP contribution is 2.21. The zero-order chi connectivity index (χ0) is 3.86. The van der Waals surface area contributed by atoms with Gasteiger partial charge in [0.2, 0.25) is 0 Å². The van der Waals surface area contributed by atoms with E-state index in [1.165, 1.54) is 0 Å². The maximum atomic E-state index is 9.89. The van der Waals surface area contributed by atoms with Crippen LogP contribution in [0.1, 0.15) is 20.8 Å². The number of carbonyl (C=O) groups is 1. The Morgan fingerprint density at radius 3 is 2.00 bits per heavy atom. The number of rotatable bonds is 0. The van der Waals surface area contributed by atoms with Gasteiger partial charge in [-0.05, 0) is 0 Å². The lowest BCUT2D eigenvalue weighted by molar-refractivity contribution is -0.110. The minimum atomic E-state index is 0. The van der Waals surface area contributed by atoms with Gasteiger partial charge < -0.3 is 0 Å². The summed E-state index contributed by atoms with van der Waals surface area (Å²) in [6.45, 7) is 1.95. The Balaban J connectivity index is 0.000000250. The fourth-order valence-corrected chi connectivity index (χ4v) is 0.243. The van der Waals surface area contributed by atoms with Crippen LogP contribution in [0.3, 0.4) is 0 Å². The van der Waals surface area contributed by atoms with Crippen LogP contribution in [0.4, 0.5) is 0 Å². The maximum Gasteiger partial charge on any atom is 0.136 e. The van der Waals surface area contributed by atoms with Crippen LogP contribution in [-0.4, -0.2) is 5.78 Å². The van der Waals surface area contributed by atoms with Crippen molar-refractivity contribution in [1.82, 2.24) is 0 Å². The molecule has 1 unspecified atom stereocenters. The van der Waals surface area contributed by atoms with Crippen LogP contribution in [0.5, 0.6) is 0 Å². The van der Waals surface area contributed by atoms with Crippen LogP contribution in [-0.2, 0) is 4.79 Å². The molecule has 0 bridgehead atoms. The molecule has 0 amide bonds. The third kappa shape index (κ3) is 0.814. The first-order valence-corrected chi connectivity index (χ1v) is 1.83. The summed E-state index contributed by atoms with van der Waals surface area (Å²) < 4.78 is 0. The van der Waals surface area contributed by atoms with E-state index in [0.29, 0.717) is 11.7 Å². The molecule has 1 rings (SSSR count). The first kappa shape index (κ1) is 5.67. The minimum absolute atomic E-state index is 0. The smallest absolute Gasteiger partial charge is 0.136 e. The van der Waals surface area contributed by atoms with Crippen molar-refractivity contribution >= 4 is 5.78 Å². The molecule has 1 fully saturated rings. The largest absolute Gasteiger partial charge is 0.299 e. The molecule has 1 aliphatic rings. The Kier molecular flexibility index (Phi) is 1.34. The van der Waals surface area contributed by atoms with Gasteiger partial charge in [0.05, 0.1) is 0 Å². The lowest BCUT2D eigenvalue weighted by Crippen LogP contribution is -1.60. The predicted octanol–water partition coefficient (Wildman–Crippen LogP) is 1.23. The summed E-state index contributed by atoms with van der Waals surface area (Å²) in [5, 5.41) is 0. The fraction of sp³-hybridized carbons (Fsp3) is 0.800. The Labute approximate surface area is 38.4 Å². The second-order valence-electron chi connectivity index (χ2n) is 1.57. The van der Waals surface area contributed by atoms with Crippen LogP contribution in [0, 0.1) is 5.92 Å². The summed E-state index contributed by atoms with van der Waals surface area (Å²) in [4.78, 5) is 9.89. The van der Waals surface area contributed by atoms with Crippen LogP contribution in [0.15, 0.2) is 0 Å². The lowest BCUT2D eigenvalue weighted by Gasteiger charge is -1.52. The summed E-state index contributed by atoms with van der Waals surface area (Å²) in [5.41, 5.74) is 0. The summed E-state index contributed by atoms with van der Waals surface area (Å²) in [5.74, 6) is 0.833. The molecule has 0 heterocycles. The zero-order valence-corrected chi connectivity index (χ0v) is 3.19. The Morgan fingerprint density at radius 1 is 1.83 bits per heavy atom. The van der Waals surface area contributed by atoms with Gasteiger partial charge in [0.25, 0.3) is 0 Å². The standard InChI is InChI=1S/C4H6O.CH4/c1-3-2-4(3)5;/h3H,2H2,1H3;1H4. The van der Waals surface area contributed by atoms with Gasteiger partial charge in [-0.15, -0.1) is 0 Å². The van der Waals surface area contributed by atoms with Crippen molar-refractivity contribution in [2.24, 2.45) is 5.92 Å². The molecule has 0 aromatic carbocycles. The highest BCUT2D eigenvalue weighted by atomic mass is 16.1. The highest BCUT2D eigenvalue weighted by Gasteiger charge is 2.28. The van der Waals surface area contributed by atoms with E-state index < -0.39 is 0 Å². The van der Waals surface area contributed by atoms with Gasteiger partial charge in [0, 0.05) is 12.3 Å². The topological polar surface area (TPSA) is 17.1 Å². The zero-order valence-electron chi connectivity index (χ0n) is 3.19. The van der Waals surface area contributed by atoms with E-state index in [9.17, 15) is 4.79 Å². The van der Waals surface area contributed by atoms with E-state index in [-0.39, 0.29) is 7.43 Å². The average molecular weight is 86.1 g/mol. The monoisotopic (exact) mass is 86.1 g/mol. The first-order valence-electron chi connectivity index (χ1n) is 1.83. The van der Waals surface area contributed by atoms with E-state index in [1.54, 1.807) is 0 Å². The van der Waals surface area contributed by atoms with E-state index in [2.05, 4.69) is 0 Å². The molecule has 0 N–H and O–H groups in total. The van der Waals surface area contributed by atoms with Gasteiger partial charge >= 0.3 is 0 Å². The van der Waals surface area contributed by atoms with E-state index in [4.69, 9.17) is 0 Å². The normalized spacial score (nSPS) is 28.8. The summed E-state index contributed by atoms with van der Waals surface area (Å²) in [7, 11) is 0. The average Bonchev–Trinajstić information content (AvgIpc) is 1.79. The fourth-order valence-electron chi connectivity index (χ4n) is 0.243. The molecule has 1 atom stereocenters. The van der Waals surface area contributed by atoms with E-state index in [0.717, 1.165) is 6.42 Å². The number of Topliss-reactive ketones (excluding diaryl/α,β-unsaturated/α-hetero) is 1. The van der Waals surface area contributed by atoms with Crippen molar-refractivity contribution in [2.75, 3.05) is 0 Å². The number of ketones is 1. The SMILES string of the molecule is C.CC1CC1=O. The molecule has 0 aromatic heterocycles. The summed E-state index contributed by atoms with van der Waals surface area (Å²) >= 11 is 0. The molecular formula is C5H10O. The van der Waals surface area contributed by atoms with Gasteiger partial charge in [0.1, 0.15) is 5.78 Å². The summed E-state index contributed by atoms with van der Waals surface area (Å²) in [6, 6.07) is 0. The quantitative estimate of drug-likeness (QED) is 0.433. The van der Waals surface area contributed by atoms with Crippen molar-refractivity contribution in [1.29, 1.82) is 0 Å². The molecule has 1 aliphatic carbocycles. The molecule has 0 saturated heterocycles. The molecular weight excluding hydrogens is 76.1 g/mol. The second-order valence-corrected chi connectivity index (χ2v) is 1.57. The third-order valence-electron chi connectivity index (χ3n) is 0.897. The Morgan fingerprint density at radius 2 is 2.00 bits per heavy atom. The third-order valence-corrected chi connectivity index (χ3v) is 0.897. The van der Waals surface area contributed by atoms with E-state index >= 15 is 0 Å². The molecule has 0 aliphatic heterocycles.